The molecule has 0 unspecified atom stereocenters. The zero-order chi connectivity index (χ0) is 13.8. The molecule has 6 nitrogen and oxygen atoms in total. The lowest BCUT2D eigenvalue weighted by atomic mass is 10.2. The maximum Gasteiger partial charge on any atom is 0.281 e. The van der Waals surface area contributed by atoms with Crippen molar-refractivity contribution in [3.63, 3.8) is 0 Å². The Balaban J connectivity index is 2.22. The van der Waals surface area contributed by atoms with Crippen molar-refractivity contribution < 1.29 is 14.9 Å². The monoisotopic (exact) mass is 258 g/mol. The van der Waals surface area contributed by atoms with Crippen LogP contribution < -0.4 is 5.06 Å². The Hall–Kier alpha value is -2.73. The van der Waals surface area contributed by atoms with Gasteiger partial charge in [-0.3, -0.25) is 20.1 Å². The van der Waals surface area contributed by atoms with Gasteiger partial charge in [0.1, 0.15) is 0 Å². The smallest absolute Gasteiger partial charge is 0.281 e. The molecule has 0 aliphatic rings. The minimum atomic E-state index is -0.652. The van der Waals surface area contributed by atoms with E-state index >= 15 is 0 Å². The third-order valence-corrected chi connectivity index (χ3v) is 2.52. The molecule has 2 aromatic rings. The van der Waals surface area contributed by atoms with Crippen LogP contribution in [-0.4, -0.2) is 16.0 Å². The number of anilines is 1. The highest BCUT2D eigenvalue weighted by Crippen LogP contribution is 2.17. The van der Waals surface area contributed by atoms with E-state index in [0.717, 1.165) is 0 Å². The molecule has 0 radical (unpaired) electrons. The number of nitro groups is 1. The molecule has 1 N–H and O–H groups in total. The third-order valence-electron chi connectivity index (χ3n) is 2.52. The molecular formula is C13H10N2O4. The van der Waals surface area contributed by atoms with E-state index in [1.54, 1.807) is 30.3 Å². The molecule has 0 aromatic heterocycles. The third kappa shape index (κ3) is 2.75. The van der Waals surface area contributed by atoms with E-state index in [1.807, 2.05) is 0 Å². The Labute approximate surface area is 108 Å². The van der Waals surface area contributed by atoms with Crippen molar-refractivity contribution >= 4 is 17.3 Å². The van der Waals surface area contributed by atoms with E-state index in [9.17, 15) is 20.1 Å². The molecule has 0 saturated carbocycles. The largest absolute Gasteiger partial charge is 0.281 e. The summed E-state index contributed by atoms with van der Waals surface area (Å²) >= 11 is 0. The molecule has 0 heterocycles. The van der Waals surface area contributed by atoms with Gasteiger partial charge in [-0.25, -0.2) is 0 Å². The number of nitrogens with zero attached hydrogens (tertiary/aromatic N) is 2. The van der Waals surface area contributed by atoms with Crippen LogP contribution >= 0.6 is 0 Å². The highest BCUT2D eigenvalue weighted by Gasteiger charge is 2.16. The molecule has 0 aliphatic heterocycles. The molecule has 6 heteroatoms. The Morgan fingerprint density at radius 3 is 2.16 bits per heavy atom. The van der Waals surface area contributed by atoms with Gasteiger partial charge >= 0.3 is 0 Å². The standard InChI is InChI=1S/C13H10N2O4/c16-13(14(17)11-4-2-1-3-5-11)10-6-8-12(9-7-10)15(18)19/h1-9,17H. The lowest BCUT2D eigenvalue weighted by Gasteiger charge is -2.14. The molecule has 0 saturated heterocycles. The fraction of sp³-hybridized carbons (Fsp3) is 0. The molecule has 96 valence electrons. The number of hydrogen-bond donors (Lipinski definition) is 1. The average molecular weight is 258 g/mol. The van der Waals surface area contributed by atoms with Crippen LogP contribution in [0.3, 0.4) is 0 Å². The molecule has 2 aromatic carbocycles. The van der Waals surface area contributed by atoms with Crippen molar-refractivity contribution in [2.45, 2.75) is 0 Å². The van der Waals surface area contributed by atoms with Crippen LogP contribution in [0, 0.1) is 10.1 Å². The Kier molecular flexibility index (Phi) is 3.53. The summed E-state index contributed by atoms with van der Waals surface area (Å²) < 4.78 is 0. The van der Waals surface area contributed by atoms with Crippen molar-refractivity contribution in [2.75, 3.05) is 5.06 Å². The minimum Gasteiger partial charge on any atom is -0.281 e. The number of non-ortho nitro benzene ring substituents is 1. The van der Waals surface area contributed by atoms with Crippen LogP contribution in [0.5, 0.6) is 0 Å². The fourth-order valence-corrected chi connectivity index (χ4v) is 1.53. The number of amides is 1. The van der Waals surface area contributed by atoms with Crippen LogP contribution in [-0.2, 0) is 0 Å². The number of hydrogen-bond acceptors (Lipinski definition) is 4. The first-order chi connectivity index (χ1) is 9.09. The van der Waals surface area contributed by atoms with E-state index < -0.39 is 10.8 Å². The van der Waals surface area contributed by atoms with Gasteiger partial charge in [0, 0.05) is 17.7 Å². The summed E-state index contributed by atoms with van der Waals surface area (Å²) in [6, 6.07) is 13.3. The number of benzene rings is 2. The second-order valence-corrected chi connectivity index (χ2v) is 3.76. The average Bonchev–Trinajstić information content (AvgIpc) is 2.46. The van der Waals surface area contributed by atoms with Crippen molar-refractivity contribution in [2.24, 2.45) is 0 Å². The number of carbonyl (C=O) groups is 1. The molecule has 19 heavy (non-hydrogen) atoms. The van der Waals surface area contributed by atoms with Gasteiger partial charge in [-0.15, -0.1) is 0 Å². The SMILES string of the molecule is O=C(c1ccc([N+](=O)[O-])cc1)N(O)c1ccccc1. The van der Waals surface area contributed by atoms with E-state index in [0.29, 0.717) is 10.8 Å². The lowest BCUT2D eigenvalue weighted by Crippen LogP contribution is -2.26. The number of nitro benzene ring substituents is 1. The quantitative estimate of drug-likeness (QED) is 0.521. The second kappa shape index (κ2) is 5.28. The fourth-order valence-electron chi connectivity index (χ4n) is 1.53. The van der Waals surface area contributed by atoms with Gasteiger partial charge in [-0.1, -0.05) is 18.2 Å². The van der Waals surface area contributed by atoms with Gasteiger partial charge in [0.15, 0.2) is 0 Å². The Morgan fingerprint density at radius 1 is 1.05 bits per heavy atom. The van der Waals surface area contributed by atoms with Crippen LogP contribution in [0.15, 0.2) is 54.6 Å². The summed E-state index contributed by atoms with van der Waals surface area (Å²) in [5, 5.41) is 20.8. The first-order valence-electron chi connectivity index (χ1n) is 5.42. The second-order valence-electron chi connectivity index (χ2n) is 3.76. The predicted molar refractivity (Wildman–Crippen MR) is 68.1 cm³/mol. The number of para-hydroxylation sites is 1. The first kappa shape index (κ1) is 12.7. The topological polar surface area (TPSA) is 83.7 Å². The summed E-state index contributed by atoms with van der Waals surface area (Å²) in [5.74, 6) is -0.652. The molecule has 1 amide bonds. The summed E-state index contributed by atoms with van der Waals surface area (Å²) in [7, 11) is 0. The van der Waals surface area contributed by atoms with Gasteiger partial charge < -0.3 is 0 Å². The minimum absolute atomic E-state index is 0.110. The van der Waals surface area contributed by atoms with Gasteiger partial charge in [0.05, 0.1) is 10.6 Å². The maximum atomic E-state index is 11.9. The van der Waals surface area contributed by atoms with Crippen molar-refractivity contribution in [3.8, 4) is 0 Å². The zero-order valence-corrected chi connectivity index (χ0v) is 9.76. The molecular weight excluding hydrogens is 248 g/mol. The molecule has 0 atom stereocenters. The molecule has 0 bridgehead atoms. The zero-order valence-electron chi connectivity index (χ0n) is 9.76. The van der Waals surface area contributed by atoms with E-state index in [4.69, 9.17) is 0 Å². The molecule has 0 fully saturated rings. The molecule has 2 rings (SSSR count). The normalized spacial score (nSPS) is 9.95. The Morgan fingerprint density at radius 2 is 1.63 bits per heavy atom. The summed E-state index contributed by atoms with van der Waals surface area (Å²) in [6.07, 6.45) is 0. The van der Waals surface area contributed by atoms with Crippen molar-refractivity contribution in [1.82, 2.24) is 0 Å². The van der Waals surface area contributed by atoms with E-state index in [2.05, 4.69) is 0 Å². The van der Waals surface area contributed by atoms with Crippen LogP contribution in [0.2, 0.25) is 0 Å². The van der Waals surface area contributed by atoms with Gasteiger partial charge in [0.25, 0.3) is 11.6 Å². The highest BCUT2D eigenvalue weighted by molar-refractivity contribution is 6.04. The summed E-state index contributed by atoms with van der Waals surface area (Å²) in [5.41, 5.74) is 0.378. The van der Waals surface area contributed by atoms with E-state index in [1.165, 1.54) is 24.3 Å². The number of carbonyl (C=O) groups excluding carboxylic acids is 1. The summed E-state index contributed by atoms with van der Waals surface area (Å²) in [6.45, 7) is 0. The lowest BCUT2D eigenvalue weighted by molar-refractivity contribution is -0.384. The van der Waals surface area contributed by atoms with Gasteiger partial charge in [-0.2, -0.15) is 5.06 Å². The Bertz CT molecular complexity index is 596. The first-order valence-corrected chi connectivity index (χ1v) is 5.42. The van der Waals surface area contributed by atoms with Gasteiger partial charge in [-0.05, 0) is 24.3 Å². The molecule has 0 aliphatic carbocycles. The van der Waals surface area contributed by atoms with Crippen molar-refractivity contribution in [1.29, 1.82) is 0 Å². The van der Waals surface area contributed by atoms with Crippen molar-refractivity contribution in [3.05, 3.63) is 70.3 Å². The predicted octanol–water partition coefficient (Wildman–Crippen LogP) is 2.63. The maximum absolute atomic E-state index is 11.9. The molecule has 0 spiro atoms. The number of hydroxylamine groups is 1. The number of rotatable bonds is 3. The van der Waals surface area contributed by atoms with E-state index in [-0.39, 0.29) is 11.3 Å². The summed E-state index contributed by atoms with van der Waals surface area (Å²) in [4.78, 5) is 21.9. The van der Waals surface area contributed by atoms with Crippen LogP contribution in [0.1, 0.15) is 10.4 Å². The van der Waals surface area contributed by atoms with Crippen LogP contribution in [0.25, 0.3) is 0 Å². The van der Waals surface area contributed by atoms with Gasteiger partial charge in [0.2, 0.25) is 0 Å². The van der Waals surface area contributed by atoms with Crippen LogP contribution in [0.4, 0.5) is 11.4 Å². The highest BCUT2D eigenvalue weighted by atomic mass is 16.6.